The molecule has 14 nitrogen and oxygen atoms in total. The van der Waals surface area contributed by atoms with Crippen LogP contribution in [0.2, 0.25) is 0 Å². The average molecular weight is 760 g/mol. The van der Waals surface area contributed by atoms with Gasteiger partial charge in [0.2, 0.25) is 5.91 Å². The van der Waals surface area contributed by atoms with Crippen molar-refractivity contribution in [2.75, 3.05) is 61.5 Å². The van der Waals surface area contributed by atoms with Gasteiger partial charge in [-0.1, -0.05) is 44.2 Å². The minimum atomic E-state index is -0.388. The summed E-state index contributed by atoms with van der Waals surface area (Å²) in [7, 11) is 1.50. The quantitative estimate of drug-likeness (QED) is 0.162. The first-order valence-electron chi connectivity index (χ1n) is 19.9. The summed E-state index contributed by atoms with van der Waals surface area (Å²) in [5, 5.41) is 14.8. The van der Waals surface area contributed by atoms with Crippen LogP contribution in [0.15, 0.2) is 72.0 Å². The summed E-state index contributed by atoms with van der Waals surface area (Å²) >= 11 is 0. The summed E-state index contributed by atoms with van der Waals surface area (Å²) in [5.74, 6) is 0.747. The summed E-state index contributed by atoms with van der Waals surface area (Å²) < 4.78 is 6.96. The van der Waals surface area contributed by atoms with E-state index in [1.165, 1.54) is 57.9 Å². The van der Waals surface area contributed by atoms with Crippen LogP contribution in [-0.4, -0.2) is 88.9 Å². The van der Waals surface area contributed by atoms with Crippen LogP contribution in [0.5, 0.6) is 5.75 Å². The Balaban J connectivity index is 0.000000164. The number of pyridine rings is 2. The average Bonchev–Trinajstić information content (AvgIpc) is 3.97. The Bertz CT molecular complexity index is 2290. The molecule has 56 heavy (non-hydrogen) atoms. The minimum absolute atomic E-state index is 0.184. The lowest BCUT2D eigenvalue weighted by Crippen LogP contribution is -2.49. The molecule has 2 aliphatic heterocycles. The number of ether oxygens (including phenoxy) is 1. The van der Waals surface area contributed by atoms with E-state index in [9.17, 15) is 19.2 Å². The fraction of sp³-hybridized carbons (Fsp3) is 0.429. The van der Waals surface area contributed by atoms with Crippen molar-refractivity contribution in [3.8, 4) is 5.75 Å². The van der Waals surface area contributed by atoms with Crippen LogP contribution >= 0.6 is 0 Å². The smallest absolute Gasteiger partial charge is 0.328 e. The third kappa shape index (κ3) is 8.11. The number of benzene rings is 2. The molecule has 4 amide bonds. The molecule has 3 aromatic heterocycles. The standard InChI is InChI=1S/C25H33N5O2.C17H16N4O3/c31-24-10-12-30(25(32)27-24)23-18-26-17-21-20(23)7-4-8-22(21)29-15-13-28(14-16-29)11-9-19-5-2-1-3-6-19;1-24-15-8-14-10(9-18-20-14)7-12(15)16(22)19-13-3-2-6-21(17(13)23)11-4-5-11/h4,7-8,17-19H,1-3,5-6,9-16H2,(H,27,31,32);2-3,6-9,11H,4-5H2,1H3,(H,18,20)(H,19,22). The predicted molar refractivity (Wildman–Crippen MR) is 217 cm³/mol. The molecule has 0 radical (unpaired) electrons. The number of anilines is 3. The molecule has 4 fully saturated rings. The van der Waals surface area contributed by atoms with Crippen LogP contribution in [0.3, 0.4) is 0 Å². The van der Waals surface area contributed by atoms with Crippen molar-refractivity contribution in [1.82, 2.24) is 30.0 Å². The van der Waals surface area contributed by atoms with Gasteiger partial charge in [0.25, 0.3) is 11.5 Å². The molecular weight excluding hydrogens is 711 g/mol. The van der Waals surface area contributed by atoms with Gasteiger partial charge in [0, 0.05) is 85.5 Å². The van der Waals surface area contributed by atoms with E-state index in [1.807, 2.05) is 12.3 Å². The Labute approximate surface area is 325 Å². The number of carbonyl (C=O) groups is 3. The number of urea groups is 1. The molecule has 9 rings (SSSR count). The highest BCUT2D eigenvalue weighted by Gasteiger charge is 2.28. The molecule has 0 atom stereocenters. The Hall–Kier alpha value is -5.76. The molecule has 5 heterocycles. The SMILES string of the molecule is COc1cc2[nH]ncc2cc1C(=O)Nc1cccn(C2CC2)c1=O.O=C1CCN(c2cncc3c(N4CCN(CCC5CCCCC5)CC4)cccc23)C(=O)N1. The molecule has 3 N–H and O–H groups in total. The maximum atomic E-state index is 12.6. The van der Waals surface area contributed by atoms with E-state index in [2.05, 4.69) is 47.7 Å². The molecular formula is C42H49N9O5. The highest BCUT2D eigenvalue weighted by Crippen LogP contribution is 2.35. The van der Waals surface area contributed by atoms with Crippen molar-refractivity contribution >= 4 is 56.6 Å². The monoisotopic (exact) mass is 759 g/mol. The third-order valence-electron chi connectivity index (χ3n) is 11.6. The molecule has 5 aromatic rings. The molecule has 2 aromatic carbocycles. The molecule has 2 aliphatic carbocycles. The Morgan fingerprint density at radius 3 is 2.48 bits per heavy atom. The van der Waals surface area contributed by atoms with Crippen molar-refractivity contribution in [3.05, 3.63) is 83.2 Å². The van der Waals surface area contributed by atoms with Crippen molar-refractivity contribution in [2.24, 2.45) is 5.92 Å². The second kappa shape index (κ2) is 16.5. The van der Waals surface area contributed by atoms with E-state index in [0.717, 1.165) is 72.3 Å². The Morgan fingerprint density at radius 2 is 1.71 bits per heavy atom. The summed E-state index contributed by atoms with van der Waals surface area (Å²) in [6.07, 6.45) is 17.8. The van der Waals surface area contributed by atoms with E-state index in [-0.39, 0.29) is 35.1 Å². The number of carbonyl (C=O) groups excluding carboxylic acids is 3. The maximum Gasteiger partial charge on any atom is 0.328 e. The fourth-order valence-corrected chi connectivity index (χ4v) is 8.26. The Kier molecular flexibility index (Phi) is 11.0. The van der Waals surface area contributed by atoms with Crippen LogP contribution in [0, 0.1) is 5.92 Å². The van der Waals surface area contributed by atoms with Crippen molar-refractivity contribution in [2.45, 2.75) is 63.8 Å². The minimum Gasteiger partial charge on any atom is -0.496 e. The van der Waals surface area contributed by atoms with Gasteiger partial charge in [-0.3, -0.25) is 39.6 Å². The Morgan fingerprint density at radius 1 is 0.893 bits per heavy atom. The van der Waals surface area contributed by atoms with E-state index < -0.39 is 0 Å². The largest absolute Gasteiger partial charge is 0.496 e. The number of imide groups is 1. The zero-order valence-corrected chi connectivity index (χ0v) is 31.8. The topological polar surface area (TPSA) is 158 Å². The number of aromatic nitrogens is 4. The lowest BCUT2D eigenvalue weighted by Gasteiger charge is -2.37. The highest BCUT2D eigenvalue weighted by atomic mass is 16.5. The number of hydrogen-bond acceptors (Lipinski definition) is 9. The van der Waals surface area contributed by atoms with E-state index in [1.54, 1.807) is 52.3 Å². The molecule has 2 saturated heterocycles. The molecule has 2 saturated carbocycles. The second-order valence-corrected chi connectivity index (χ2v) is 15.2. The number of fused-ring (bicyclic) bond motifs is 2. The van der Waals surface area contributed by atoms with E-state index in [0.29, 0.717) is 24.3 Å². The highest BCUT2D eigenvalue weighted by molar-refractivity contribution is 6.11. The number of piperazine rings is 1. The normalized spacial score (nSPS) is 18.1. The van der Waals surface area contributed by atoms with Crippen LogP contribution < -0.4 is 30.7 Å². The first-order valence-corrected chi connectivity index (χ1v) is 19.9. The van der Waals surface area contributed by atoms with E-state index in [4.69, 9.17) is 4.74 Å². The number of rotatable bonds is 9. The van der Waals surface area contributed by atoms with Crippen LogP contribution in [0.4, 0.5) is 21.9 Å². The maximum absolute atomic E-state index is 12.6. The van der Waals surface area contributed by atoms with Gasteiger partial charge in [-0.05, 0) is 56.0 Å². The van der Waals surface area contributed by atoms with Crippen molar-refractivity contribution in [1.29, 1.82) is 0 Å². The third-order valence-corrected chi connectivity index (χ3v) is 11.6. The number of aromatic amines is 1. The van der Waals surface area contributed by atoms with Gasteiger partial charge in [-0.15, -0.1) is 0 Å². The van der Waals surface area contributed by atoms with Gasteiger partial charge in [-0.25, -0.2) is 4.79 Å². The summed E-state index contributed by atoms with van der Waals surface area (Å²) in [5.41, 5.74) is 3.16. The fourth-order valence-electron chi connectivity index (χ4n) is 8.26. The summed E-state index contributed by atoms with van der Waals surface area (Å²) in [6.45, 7) is 5.80. The van der Waals surface area contributed by atoms with Crippen molar-refractivity contribution < 1.29 is 19.1 Å². The molecule has 4 aliphatic rings. The lowest BCUT2D eigenvalue weighted by atomic mass is 9.87. The molecule has 14 heteroatoms. The van der Waals surface area contributed by atoms with Gasteiger partial charge in [-0.2, -0.15) is 5.10 Å². The predicted octanol–water partition coefficient (Wildman–Crippen LogP) is 6.09. The molecule has 0 bridgehead atoms. The van der Waals surface area contributed by atoms with Crippen LogP contribution in [-0.2, 0) is 4.79 Å². The number of nitrogens with one attached hydrogen (secondary N) is 3. The van der Waals surface area contributed by atoms with Gasteiger partial charge >= 0.3 is 6.03 Å². The number of nitrogens with zero attached hydrogens (tertiary/aromatic N) is 6. The van der Waals surface area contributed by atoms with Gasteiger partial charge in [0.1, 0.15) is 11.4 Å². The number of amides is 4. The first-order chi connectivity index (χ1) is 27.4. The molecule has 0 spiro atoms. The zero-order valence-electron chi connectivity index (χ0n) is 31.8. The lowest BCUT2D eigenvalue weighted by molar-refractivity contribution is -0.120. The van der Waals surface area contributed by atoms with Crippen molar-refractivity contribution in [3.63, 3.8) is 0 Å². The van der Waals surface area contributed by atoms with Gasteiger partial charge < -0.3 is 19.5 Å². The van der Waals surface area contributed by atoms with Crippen LogP contribution in [0.25, 0.3) is 21.7 Å². The number of hydrogen-bond donors (Lipinski definition) is 3. The summed E-state index contributed by atoms with van der Waals surface area (Å²) in [4.78, 5) is 60.2. The molecule has 0 unspecified atom stereocenters. The number of H-pyrrole nitrogens is 1. The summed E-state index contributed by atoms with van der Waals surface area (Å²) in [6, 6.07) is 12.9. The first kappa shape index (κ1) is 37.2. The zero-order chi connectivity index (χ0) is 38.6. The van der Waals surface area contributed by atoms with E-state index >= 15 is 0 Å². The molecule has 292 valence electrons. The van der Waals surface area contributed by atoms with Crippen LogP contribution in [0.1, 0.15) is 74.2 Å². The second-order valence-electron chi connectivity index (χ2n) is 15.2. The number of methoxy groups -OCH3 is 1. The van der Waals surface area contributed by atoms with Gasteiger partial charge in [0.15, 0.2) is 0 Å². The van der Waals surface area contributed by atoms with Gasteiger partial charge in [0.05, 0.1) is 36.3 Å².